The zero-order chi connectivity index (χ0) is 22.2. The minimum absolute atomic E-state index is 0.570. The first-order chi connectivity index (χ1) is 16.2. The van der Waals surface area contributed by atoms with E-state index in [-0.39, 0.29) is 0 Å². The second-order valence-corrected chi connectivity index (χ2v) is 9.65. The van der Waals surface area contributed by atoms with E-state index in [0.29, 0.717) is 6.54 Å². The first kappa shape index (κ1) is 20.4. The largest absolute Gasteiger partial charge is 0.312 e. The van der Waals surface area contributed by atoms with Crippen LogP contribution >= 0.6 is 11.8 Å². The molecule has 0 spiro atoms. The fourth-order valence-electron chi connectivity index (χ4n) is 4.41. The summed E-state index contributed by atoms with van der Waals surface area (Å²) in [4.78, 5) is 5.93. The average molecular weight is 459 g/mol. The van der Waals surface area contributed by atoms with E-state index in [0.717, 1.165) is 57.4 Å². The molecule has 5 aromatic rings. The van der Waals surface area contributed by atoms with Crippen LogP contribution in [0.4, 0.5) is 0 Å². The van der Waals surface area contributed by atoms with Crippen LogP contribution in [0.2, 0.25) is 0 Å². The number of H-pyrrole nitrogens is 1. The van der Waals surface area contributed by atoms with Crippen molar-refractivity contribution >= 4 is 28.3 Å². The first-order valence-electron chi connectivity index (χ1n) is 11.3. The van der Waals surface area contributed by atoms with Gasteiger partial charge in [-0.1, -0.05) is 17.7 Å². The van der Waals surface area contributed by atoms with Gasteiger partial charge in [0.2, 0.25) is 0 Å². The van der Waals surface area contributed by atoms with Gasteiger partial charge in [-0.2, -0.15) is 5.10 Å². The van der Waals surface area contributed by atoms with Crippen LogP contribution in [0.15, 0.2) is 53.9 Å². The Morgan fingerprint density at radius 1 is 1.18 bits per heavy atom. The van der Waals surface area contributed by atoms with E-state index < -0.39 is 0 Å². The number of thioether (sulfide) groups is 1. The van der Waals surface area contributed by atoms with Crippen LogP contribution in [0.1, 0.15) is 30.5 Å². The van der Waals surface area contributed by atoms with Crippen molar-refractivity contribution in [2.75, 3.05) is 12.8 Å². The Kier molecular flexibility index (Phi) is 5.35. The van der Waals surface area contributed by atoms with Crippen LogP contribution in [0, 0.1) is 5.92 Å². The lowest BCUT2D eigenvalue weighted by atomic mass is 9.85. The van der Waals surface area contributed by atoms with Crippen molar-refractivity contribution in [2.24, 2.45) is 5.92 Å². The number of rotatable bonds is 8. The predicted molar refractivity (Wildman–Crippen MR) is 130 cm³/mol. The molecule has 1 fully saturated rings. The minimum atomic E-state index is 0.570. The van der Waals surface area contributed by atoms with E-state index in [1.165, 1.54) is 24.8 Å². The average Bonchev–Trinajstić information content (AvgIpc) is 3.53. The van der Waals surface area contributed by atoms with E-state index in [1.54, 1.807) is 11.8 Å². The number of nitrogens with one attached hydrogen (secondary N) is 2. The lowest BCUT2D eigenvalue weighted by Gasteiger charge is -2.25. The van der Waals surface area contributed by atoms with Gasteiger partial charge in [0.1, 0.15) is 11.3 Å². The molecular weight excluding hydrogens is 432 g/mol. The number of aromatic amines is 1. The zero-order valence-corrected chi connectivity index (χ0v) is 19.3. The molecule has 0 aliphatic heterocycles. The van der Waals surface area contributed by atoms with E-state index in [1.807, 2.05) is 17.1 Å². The third kappa shape index (κ3) is 4.14. The van der Waals surface area contributed by atoms with Crippen LogP contribution < -0.4 is 5.32 Å². The summed E-state index contributed by atoms with van der Waals surface area (Å²) in [5, 5.41) is 20.7. The SMILES string of the molecule is CSc1cc(-c2cn(Cc3cn4cc(CNCC5CCC5)ccc4n3)nn2)c2cn[nH]c2c1. The summed E-state index contributed by atoms with van der Waals surface area (Å²) in [6.45, 7) is 2.58. The molecule has 33 heavy (non-hydrogen) atoms. The maximum Gasteiger partial charge on any atom is 0.137 e. The Morgan fingerprint density at radius 3 is 2.97 bits per heavy atom. The van der Waals surface area contributed by atoms with E-state index >= 15 is 0 Å². The van der Waals surface area contributed by atoms with Crippen molar-refractivity contribution < 1.29 is 0 Å². The van der Waals surface area contributed by atoms with Gasteiger partial charge in [-0.15, -0.1) is 16.9 Å². The van der Waals surface area contributed by atoms with Crippen LogP contribution in [-0.4, -0.2) is 47.4 Å². The fourth-order valence-corrected chi connectivity index (χ4v) is 4.88. The maximum atomic E-state index is 4.77. The van der Waals surface area contributed by atoms with E-state index in [4.69, 9.17) is 4.98 Å². The molecule has 1 aliphatic carbocycles. The molecule has 1 aliphatic rings. The van der Waals surface area contributed by atoms with Crippen LogP contribution in [0.5, 0.6) is 0 Å². The zero-order valence-electron chi connectivity index (χ0n) is 18.5. The summed E-state index contributed by atoms with van der Waals surface area (Å²) < 4.78 is 3.94. The van der Waals surface area contributed by atoms with Crippen LogP contribution in [0.25, 0.3) is 27.8 Å². The van der Waals surface area contributed by atoms with E-state index in [9.17, 15) is 0 Å². The molecule has 9 heteroatoms. The Morgan fingerprint density at radius 2 is 2.12 bits per heavy atom. The molecule has 1 saturated carbocycles. The highest BCUT2D eigenvalue weighted by Crippen LogP contribution is 2.31. The highest BCUT2D eigenvalue weighted by Gasteiger charge is 2.16. The Hall–Kier alpha value is -3.17. The van der Waals surface area contributed by atoms with Crippen molar-refractivity contribution in [3.05, 3.63) is 60.3 Å². The second kappa shape index (κ2) is 8.64. The number of aromatic nitrogens is 7. The smallest absolute Gasteiger partial charge is 0.137 e. The van der Waals surface area contributed by atoms with Crippen molar-refractivity contribution in [2.45, 2.75) is 37.2 Å². The number of hydrogen-bond donors (Lipinski definition) is 2. The summed E-state index contributed by atoms with van der Waals surface area (Å²) in [5.41, 5.74) is 6.04. The molecule has 0 saturated heterocycles. The Balaban J connectivity index is 1.19. The van der Waals surface area contributed by atoms with Crippen molar-refractivity contribution in [3.63, 3.8) is 0 Å². The van der Waals surface area contributed by atoms with Gasteiger partial charge in [0.05, 0.1) is 30.1 Å². The summed E-state index contributed by atoms with van der Waals surface area (Å²) in [6.07, 6.45) is 14.3. The van der Waals surface area contributed by atoms with Crippen molar-refractivity contribution in [1.82, 2.24) is 39.9 Å². The molecule has 6 rings (SSSR count). The third-order valence-electron chi connectivity index (χ3n) is 6.46. The summed E-state index contributed by atoms with van der Waals surface area (Å²) >= 11 is 1.70. The Bertz CT molecular complexity index is 1410. The molecule has 0 atom stereocenters. The number of benzene rings is 1. The topological polar surface area (TPSA) is 88.7 Å². The molecule has 0 unspecified atom stereocenters. The number of pyridine rings is 1. The van der Waals surface area contributed by atoms with Crippen molar-refractivity contribution in [3.8, 4) is 11.3 Å². The van der Waals surface area contributed by atoms with Gasteiger partial charge in [-0.05, 0) is 55.3 Å². The normalized spacial score (nSPS) is 14.3. The molecule has 4 aromatic heterocycles. The van der Waals surface area contributed by atoms with Crippen LogP contribution in [0.3, 0.4) is 0 Å². The highest BCUT2D eigenvalue weighted by molar-refractivity contribution is 7.98. The predicted octanol–water partition coefficient (Wildman–Crippen LogP) is 4.13. The molecule has 0 bridgehead atoms. The minimum Gasteiger partial charge on any atom is -0.312 e. The van der Waals surface area contributed by atoms with Gasteiger partial charge in [-0.3, -0.25) is 5.10 Å². The molecular formula is C24H26N8S. The highest BCUT2D eigenvalue weighted by atomic mass is 32.2. The molecule has 2 N–H and O–H groups in total. The summed E-state index contributed by atoms with van der Waals surface area (Å²) in [6, 6.07) is 8.49. The number of imidazole rings is 1. The quantitative estimate of drug-likeness (QED) is 0.340. The van der Waals surface area contributed by atoms with Gasteiger partial charge < -0.3 is 9.72 Å². The summed E-state index contributed by atoms with van der Waals surface area (Å²) in [5.74, 6) is 0.869. The van der Waals surface area contributed by atoms with Gasteiger partial charge >= 0.3 is 0 Å². The molecule has 8 nitrogen and oxygen atoms in total. The van der Waals surface area contributed by atoms with Gasteiger partial charge in [0.15, 0.2) is 0 Å². The molecule has 0 amide bonds. The molecule has 168 valence electrons. The first-order valence-corrected chi connectivity index (χ1v) is 12.6. The number of hydrogen-bond acceptors (Lipinski definition) is 6. The van der Waals surface area contributed by atoms with Crippen molar-refractivity contribution in [1.29, 1.82) is 0 Å². The molecule has 1 aromatic carbocycles. The number of fused-ring (bicyclic) bond motifs is 2. The standard InChI is InChI=1S/C24H26N8S/c1-33-19-7-20(21-11-26-28-22(21)8-19)23-15-32(30-29-23)14-18-13-31-12-17(5-6-24(31)27-18)10-25-9-16-3-2-4-16/h5-8,11-13,15-16,25H,2-4,9-10,14H2,1H3,(H,26,28). The maximum absolute atomic E-state index is 4.77. The number of nitrogens with zero attached hydrogens (tertiary/aromatic N) is 6. The lowest BCUT2D eigenvalue weighted by molar-refractivity contribution is 0.301. The lowest BCUT2D eigenvalue weighted by Crippen LogP contribution is -2.26. The monoisotopic (exact) mass is 458 g/mol. The molecule has 4 heterocycles. The molecule has 0 radical (unpaired) electrons. The second-order valence-electron chi connectivity index (χ2n) is 8.77. The van der Waals surface area contributed by atoms with E-state index in [2.05, 4.69) is 73.1 Å². The third-order valence-corrected chi connectivity index (χ3v) is 7.16. The Labute approximate surface area is 195 Å². The van der Waals surface area contributed by atoms with Gasteiger partial charge in [0, 0.05) is 34.8 Å². The van der Waals surface area contributed by atoms with Crippen LogP contribution in [-0.2, 0) is 13.1 Å². The van der Waals surface area contributed by atoms with Gasteiger partial charge in [0.25, 0.3) is 0 Å². The van der Waals surface area contributed by atoms with Gasteiger partial charge in [-0.25, -0.2) is 9.67 Å². The summed E-state index contributed by atoms with van der Waals surface area (Å²) in [7, 11) is 0. The fraction of sp³-hybridized carbons (Fsp3) is 0.333.